The predicted octanol–water partition coefficient (Wildman–Crippen LogP) is 3.46. The Balaban J connectivity index is 2.03. The van der Waals surface area contributed by atoms with Gasteiger partial charge in [-0.15, -0.1) is 11.3 Å². The lowest BCUT2D eigenvalue weighted by molar-refractivity contribution is 0.0476. The Hall–Kier alpha value is -1.53. The molecule has 6 heteroatoms. The van der Waals surface area contributed by atoms with Gasteiger partial charge < -0.3 is 15.2 Å². The van der Waals surface area contributed by atoms with Crippen molar-refractivity contribution >= 4 is 38.9 Å². The van der Waals surface area contributed by atoms with E-state index in [-0.39, 0.29) is 6.61 Å². The topological polar surface area (TPSA) is 61.5 Å². The Kier molecular flexibility index (Phi) is 4.44. The second kappa shape index (κ2) is 6.08. The molecular formula is C13H12BrNO3S. The van der Waals surface area contributed by atoms with E-state index in [0.717, 1.165) is 8.66 Å². The van der Waals surface area contributed by atoms with Crippen molar-refractivity contribution in [1.82, 2.24) is 0 Å². The summed E-state index contributed by atoms with van der Waals surface area (Å²) >= 11 is 4.89. The lowest BCUT2D eigenvalue weighted by Crippen LogP contribution is -2.05. The number of hydrogen-bond acceptors (Lipinski definition) is 5. The number of nitrogen functional groups attached to an aromatic ring is 1. The van der Waals surface area contributed by atoms with Gasteiger partial charge in [0.25, 0.3) is 0 Å². The van der Waals surface area contributed by atoms with E-state index >= 15 is 0 Å². The predicted molar refractivity (Wildman–Crippen MR) is 78.5 cm³/mol. The van der Waals surface area contributed by atoms with Gasteiger partial charge in [-0.3, -0.25) is 0 Å². The number of esters is 1. The molecule has 0 bridgehead atoms. The molecule has 2 aromatic rings. The van der Waals surface area contributed by atoms with Crippen LogP contribution in [0.25, 0.3) is 0 Å². The molecule has 0 saturated carbocycles. The maximum atomic E-state index is 11.9. The standard InChI is InChI=1S/C13H12BrNO3S/c1-17-11-6-8(2-4-10(11)15)13(16)18-7-9-3-5-12(14)19-9/h2-6H,7,15H2,1H3. The third kappa shape index (κ3) is 3.48. The lowest BCUT2D eigenvalue weighted by atomic mass is 10.2. The van der Waals surface area contributed by atoms with E-state index in [2.05, 4.69) is 15.9 Å². The number of halogens is 1. The van der Waals surface area contributed by atoms with Crippen LogP contribution >= 0.6 is 27.3 Å². The summed E-state index contributed by atoms with van der Waals surface area (Å²) in [5.74, 6) is 0.0659. The fourth-order valence-corrected chi connectivity index (χ4v) is 2.88. The van der Waals surface area contributed by atoms with Crippen molar-refractivity contribution in [2.75, 3.05) is 12.8 Å². The van der Waals surface area contributed by atoms with E-state index in [1.807, 2.05) is 12.1 Å². The highest BCUT2D eigenvalue weighted by atomic mass is 79.9. The van der Waals surface area contributed by atoms with Crippen molar-refractivity contribution in [2.45, 2.75) is 6.61 Å². The van der Waals surface area contributed by atoms with Crippen LogP contribution in [0, 0.1) is 0 Å². The van der Waals surface area contributed by atoms with Gasteiger partial charge >= 0.3 is 5.97 Å². The fourth-order valence-electron chi connectivity index (χ4n) is 1.49. The van der Waals surface area contributed by atoms with Crippen LogP contribution < -0.4 is 10.5 Å². The number of ether oxygens (including phenoxy) is 2. The molecule has 0 aliphatic carbocycles. The first kappa shape index (κ1) is 13.9. The first-order valence-corrected chi connectivity index (χ1v) is 7.06. The second-order valence-electron chi connectivity index (χ2n) is 3.74. The number of carbonyl (C=O) groups excluding carboxylic acids is 1. The number of nitrogens with two attached hydrogens (primary N) is 1. The van der Waals surface area contributed by atoms with Crippen LogP contribution in [0.3, 0.4) is 0 Å². The molecule has 0 radical (unpaired) electrons. The van der Waals surface area contributed by atoms with Crippen molar-refractivity contribution in [3.8, 4) is 5.75 Å². The Morgan fingerprint density at radius 1 is 1.37 bits per heavy atom. The largest absolute Gasteiger partial charge is 0.495 e. The minimum absolute atomic E-state index is 0.252. The average Bonchev–Trinajstić information content (AvgIpc) is 2.82. The van der Waals surface area contributed by atoms with Crippen molar-refractivity contribution in [2.24, 2.45) is 0 Å². The Morgan fingerprint density at radius 3 is 2.79 bits per heavy atom. The number of benzene rings is 1. The van der Waals surface area contributed by atoms with Crippen LogP contribution in [-0.4, -0.2) is 13.1 Å². The Labute approximate surface area is 123 Å². The molecule has 1 aromatic carbocycles. The number of carbonyl (C=O) groups is 1. The SMILES string of the molecule is COc1cc(C(=O)OCc2ccc(Br)s2)ccc1N. The molecule has 0 atom stereocenters. The quantitative estimate of drug-likeness (QED) is 0.683. The normalized spacial score (nSPS) is 10.2. The first-order valence-electron chi connectivity index (χ1n) is 5.45. The zero-order valence-electron chi connectivity index (χ0n) is 10.2. The highest BCUT2D eigenvalue weighted by molar-refractivity contribution is 9.11. The van der Waals surface area contributed by atoms with Gasteiger partial charge in [-0.2, -0.15) is 0 Å². The highest BCUT2D eigenvalue weighted by Crippen LogP contribution is 2.24. The molecule has 0 aliphatic rings. The van der Waals surface area contributed by atoms with Gasteiger partial charge in [-0.1, -0.05) is 0 Å². The molecule has 0 unspecified atom stereocenters. The molecule has 2 N–H and O–H groups in total. The van der Waals surface area contributed by atoms with E-state index in [1.54, 1.807) is 18.2 Å². The van der Waals surface area contributed by atoms with Gasteiger partial charge in [0.2, 0.25) is 0 Å². The molecule has 100 valence electrons. The minimum atomic E-state index is -0.400. The number of methoxy groups -OCH3 is 1. The maximum Gasteiger partial charge on any atom is 0.338 e. The Bertz CT molecular complexity index is 597. The number of anilines is 1. The fraction of sp³-hybridized carbons (Fsp3) is 0.154. The minimum Gasteiger partial charge on any atom is -0.495 e. The van der Waals surface area contributed by atoms with Crippen LogP contribution in [0.15, 0.2) is 34.1 Å². The lowest BCUT2D eigenvalue weighted by Gasteiger charge is -2.07. The zero-order valence-corrected chi connectivity index (χ0v) is 12.6. The van der Waals surface area contributed by atoms with Gasteiger partial charge in [0.1, 0.15) is 12.4 Å². The molecule has 4 nitrogen and oxygen atoms in total. The molecule has 0 amide bonds. The first-order chi connectivity index (χ1) is 9.10. The average molecular weight is 342 g/mol. The monoisotopic (exact) mass is 341 g/mol. The smallest absolute Gasteiger partial charge is 0.338 e. The van der Waals surface area contributed by atoms with Gasteiger partial charge in [-0.05, 0) is 46.3 Å². The molecule has 1 heterocycles. The van der Waals surface area contributed by atoms with E-state index in [4.69, 9.17) is 15.2 Å². The van der Waals surface area contributed by atoms with Gasteiger partial charge in [0.15, 0.2) is 0 Å². The second-order valence-corrected chi connectivity index (χ2v) is 6.29. The van der Waals surface area contributed by atoms with Crippen LogP contribution in [0.2, 0.25) is 0 Å². The summed E-state index contributed by atoms with van der Waals surface area (Å²) in [4.78, 5) is 12.9. The molecule has 0 aliphatic heterocycles. The third-order valence-corrected chi connectivity index (χ3v) is 4.04. The van der Waals surface area contributed by atoms with Crippen molar-refractivity contribution < 1.29 is 14.3 Å². The summed E-state index contributed by atoms with van der Waals surface area (Å²) in [7, 11) is 1.50. The van der Waals surface area contributed by atoms with Crippen LogP contribution in [-0.2, 0) is 11.3 Å². The summed E-state index contributed by atoms with van der Waals surface area (Å²) < 4.78 is 11.3. The molecule has 2 rings (SSSR count). The van der Waals surface area contributed by atoms with Crippen LogP contribution in [0.4, 0.5) is 5.69 Å². The number of rotatable bonds is 4. The van der Waals surface area contributed by atoms with E-state index in [0.29, 0.717) is 17.0 Å². The van der Waals surface area contributed by atoms with Gasteiger partial charge in [0, 0.05) is 4.88 Å². The highest BCUT2D eigenvalue weighted by Gasteiger charge is 2.11. The van der Waals surface area contributed by atoms with Crippen LogP contribution in [0.5, 0.6) is 5.75 Å². The molecule has 1 aromatic heterocycles. The van der Waals surface area contributed by atoms with E-state index in [1.165, 1.54) is 18.4 Å². The summed E-state index contributed by atoms with van der Waals surface area (Å²) in [6, 6.07) is 8.63. The van der Waals surface area contributed by atoms with Crippen molar-refractivity contribution in [1.29, 1.82) is 0 Å². The number of hydrogen-bond donors (Lipinski definition) is 1. The summed E-state index contributed by atoms with van der Waals surface area (Å²) in [5.41, 5.74) is 6.59. The molecular weight excluding hydrogens is 330 g/mol. The maximum absolute atomic E-state index is 11.9. The van der Waals surface area contributed by atoms with Crippen molar-refractivity contribution in [3.63, 3.8) is 0 Å². The molecule has 0 saturated heterocycles. The van der Waals surface area contributed by atoms with E-state index < -0.39 is 5.97 Å². The van der Waals surface area contributed by atoms with Crippen LogP contribution in [0.1, 0.15) is 15.2 Å². The van der Waals surface area contributed by atoms with Gasteiger partial charge in [-0.25, -0.2) is 4.79 Å². The molecule has 19 heavy (non-hydrogen) atoms. The van der Waals surface area contributed by atoms with E-state index in [9.17, 15) is 4.79 Å². The third-order valence-electron chi connectivity index (χ3n) is 2.44. The van der Waals surface area contributed by atoms with Crippen molar-refractivity contribution in [3.05, 3.63) is 44.6 Å². The Morgan fingerprint density at radius 2 is 2.16 bits per heavy atom. The summed E-state index contributed by atoms with van der Waals surface area (Å²) in [6.45, 7) is 0.252. The zero-order chi connectivity index (χ0) is 13.8. The molecule has 0 fully saturated rings. The molecule has 0 spiro atoms. The van der Waals surface area contributed by atoms with Gasteiger partial charge in [0.05, 0.1) is 22.1 Å². The summed E-state index contributed by atoms with van der Waals surface area (Å²) in [6.07, 6.45) is 0. The number of thiophene rings is 1. The summed E-state index contributed by atoms with van der Waals surface area (Å²) in [5, 5.41) is 0.